The van der Waals surface area contributed by atoms with Crippen molar-refractivity contribution in [1.29, 1.82) is 0 Å². The van der Waals surface area contributed by atoms with Crippen LogP contribution in [0.15, 0.2) is 0 Å². The predicted octanol–water partition coefficient (Wildman–Crippen LogP) is 4.76. The maximum absolute atomic E-state index is 4.03. The maximum atomic E-state index is 4.03. The number of rotatable bonds is 4. The van der Waals surface area contributed by atoms with Crippen molar-refractivity contribution in [3.8, 4) is 0 Å². The van der Waals surface area contributed by atoms with Crippen LogP contribution in [0.4, 0.5) is 0 Å². The molecule has 0 spiro atoms. The van der Waals surface area contributed by atoms with E-state index in [4.69, 9.17) is 0 Å². The molecule has 106 valence electrons. The lowest BCUT2D eigenvalue weighted by molar-refractivity contribution is 0.171. The van der Waals surface area contributed by atoms with Gasteiger partial charge in [0.05, 0.1) is 0 Å². The van der Waals surface area contributed by atoms with Crippen molar-refractivity contribution >= 4 is 0 Å². The Morgan fingerprint density at radius 3 is 2.22 bits per heavy atom. The number of nitrogens with one attached hydrogen (secondary N) is 1. The SMILES string of the molecule is CCC1CCC(NC2CCCCC2C(C)C)CC1. The zero-order valence-corrected chi connectivity index (χ0v) is 12.8. The first-order valence-electron chi connectivity index (χ1n) is 8.46. The molecule has 2 unspecified atom stereocenters. The lowest BCUT2D eigenvalue weighted by Gasteiger charge is -2.39. The van der Waals surface area contributed by atoms with E-state index in [9.17, 15) is 0 Å². The lowest BCUT2D eigenvalue weighted by atomic mass is 9.76. The minimum atomic E-state index is 0.821. The molecule has 2 aliphatic carbocycles. The molecule has 1 nitrogen and oxygen atoms in total. The molecule has 2 saturated carbocycles. The highest BCUT2D eigenvalue weighted by Gasteiger charge is 2.30. The summed E-state index contributed by atoms with van der Waals surface area (Å²) in [5, 5.41) is 4.03. The zero-order valence-electron chi connectivity index (χ0n) is 12.8. The molecule has 0 amide bonds. The molecule has 2 aliphatic rings. The quantitative estimate of drug-likeness (QED) is 0.759. The Labute approximate surface area is 114 Å². The van der Waals surface area contributed by atoms with Gasteiger partial charge in [0, 0.05) is 12.1 Å². The van der Waals surface area contributed by atoms with Gasteiger partial charge in [0.1, 0.15) is 0 Å². The van der Waals surface area contributed by atoms with Gasteiger partial charge in [-0.25, -0.2) is 0 Å². The van der Waals surface area contributed by atoms with E-state index in [-0.39, 0.29) is 0 Å². The molecular formula is C17H33N. The Morgan fingerprint density at radius 2 is 1.61 bits per heavy atom. The van der Waals surface area contributed by atoms with Gasteiger partial charge in [0.25, 0.3) is 0 Å². The van der Waals surface area contributed by atoms with Crippen molar-refractivity contribution in [2.75, 3.05) is 0 Å². The van der Waals surface area contributed by atoms with Crippen LogP contribution in [0.3, 0.4) is 0 Å². The summed E-state index contributed by atoms with van der Waals surface area (Å²) in [5.41, 5.74) is 0. The second-order valence-corrected chi connectivity index (χ2v) is 7.09. The van der Waals surface area contributed by atoms with Gasteiger partial charge in [0.2, 0.25) is 0 Å². The van der Waals surface area contributed by atoms with E-state index in [1.165, 1.54) is 57.8 Å². The van der Waals surface area contributed by atoms with Gasteiger partial charge in [0.15, 0.2) is 0 Å². The second-order valence-electron chi connectivity index (χ2n) is 7.09. The molecular weight excluding hydrogens is 218 g/mol. The molecule has 2 rings (SSSR count). The predicted molar refractivity (Wildman–Crippen MR) is 79.8 cm³/mol. The normalized spacial score (nSPS) is 38.0. The van der Waals surface area contributed by atoms with Crippen LogP contribution in [0.1, 0.15) is 78.6 Å². The fraction of sp³-hybridized carbons (Fsp3) is 1.00. The summed E-state index contributed by atoms with van der Waals surface area (Å²) >= 11 is 0. The molecule has 0 bridgehead atoms. The van der Waals surface area contributed by atoms with E-state index >= 15 is 0 Å². The first-order chi connectivity index (χ1) is 8.70. The highest BCUT2D eigenvalue weighted by Crippen LogP contribution is 2.32. The van der Waals surface area contributed by atoms with Crippen molar-refractivity contribution in [2.45, 2.75) is 90.6 Å². The second kappa shape index (κ2) is 6.93. The van der Waals surface area contributed by atoms with E-state index in [2.05, 4.69) is 26.1 Å². The smallest absolute Gasteiger partial charge is 0.0100 e. The first-order valence-corrected chi connectivity index (χ1v) is 8.46. The summed E-state index contributed by atoms with van der Waals surface area (Å²) in [7, 11) is 0. The van der Waals surface area contributed by atoms with Gasteiger partial charge in [-0.3, -0.25) is 0 Å². The molecule has 0 aromatic carbocycles. The van der Waals surface area contributed by atoms with Crippen molar-refractivity contribution in [2.24, 2.45) is 17.8 Å². The fourth-order valence-electron chi connectivity index (χ4n) is 4.20. The van der Waals surface area contributed by atoms with E-state index < -0.39 is 0 Å². The van der Waals surface area contributed by atoms with Crippen LogP contribution in [-0.4, -0.2) is 12.1 Å². The van der Waals surface area contributed by atoms with E-state index in [1.807, 2.05) is 0 Å². The monoisotopic (exact) mass is 251 g/mol. The lowest BCUT2D eigenvalue weighted by Crippen LogP contribution is -2.47. The van der Waals surface area contributed by atoms with Crippen LogP contribution in [0.25, 0.3) is 0 Å². The molecule has 0 heterocycles. The highest BCUT2D eigenvalue weighted by molar-refractivity contribution is 4.87. The topological polar surface area (TPSA) is 12.0 Å². The van der Waals surface area contributed by atoms with Crippen molar-refractivity contribution in [1.82, 2.24) is 5.32 Å². The number of hydrogen-bond donors (Lipinski definition) is 1. The van der Waals surface area contributed by atoms with Crippen LogP contribution in [-0.2, 0) is 0 Å². The molecule has 18 heavy (non-hydrogen) atoms. The van der Waals surface area contributed by atoms with Crippen LogP contribution in [0.5, 0.6) is 0 Å². The third kappa shape index (κ3) is 3.73. The highest BCUT2D eigenvalue weighted by atomic mass is 15.0. The van der Waals surface area contributed by atoms with E-state index in [1.54, 1.807) is 0 Å². The molecule has 2 atom stereocenters. The average molecular weight is 251 g/mol. The van der Waals surface area contributed by atoms with Crippen LogP contribution < -0.4 is 5.32 Å². The third-order valence-electron chi connectivity index (χ3n) is 5.55. The Kier molecular flexibility index (Phi) is 5.54. The molecule has 1 heteroatoms. The van der Waals surface area contributed by atoms with E-state index in [0.29, 0.717) is 0 Å². The fourth-order valence-corrected chi connectivity index (χ4v) is 4.20. The molecule has 1 N–H and O–H groups in total. The van der Waals surface area contributed by atoms with Gasteiger partial charge < -0.3 is 5.32 Å². The van der Waals surface area contributed by atoms with Crippen molar-refractivity contribution in [3.05, 3.63) is 0 Å². The van der Waals surface area contributed by atoms with E-state index in [0.717, 1.165) is 29.8 Å². The van der Waals surface area contributed by atoms with Gasteiger partial charge in [-0.2, -0.15) is 0 Å². The minimum Gasteiger partial charge on any atom is -0.311 e. The molecule has 0 aromatic rings. The summed E-state index contributed by atoms with van der Waals surface area (Å²) in [5.74, 6) is 2.81. The Balaban J connectivity index is 1.80. The van der Waals surface area contributed by atoms with Gasteiger partial charge in [-0.1, -0.05) is 40.0 Å². The molecule has 0 aromatic heterocycles. The molecule has 0 saturated heterocycles. The Hall–Kier alpha value is -0.0400. The molecule has 0 aliphatic heterocycles. The van der Waals surface area contributed by atoms with Crippen LogP contribution >= 0.6 is 0 Å². The average Bonchev–Trinajstić information content (AvgIpc) is 2.40. The Morgan fingerprint density at radius 1 is 0.944 bits per heavy atom. The Bertz CT molecular complexity index is 228. The standard InChI is InChI=1S/C17H33N/c1-4-14-9-11-15(12-10-14)18-17-8-6-5-7-16(17)13(2)3/h13-18H,4-12H2,1-3H3. The maximum Gasteiger partial charge on any atom is 0.0100 e. The zero-order chi connectivity index (χ0) is 13.0. The summed E-state index contributed by atoms with van der Waals surface area (Å²) in [6.45, 7) is 7.19. The summed E-state index contributed by atoms with van der Waals surface area (Å²) < 4.78 is 0. The van der Waals surface area contributed by atoms with Gasteiger partial charge in [-0.15, -0.1) is 0 Å². The third-order valence-corrected chi connectivity index (χ3v) is 5.55. The first kappa shape index (κ1) is 14.4. The van der Waals surface area contributed by atoms with Gasteiger partial charge in [-0.05, 0) is 56.3 Å². The van der Waals surface area contributed by atoms with Crippen molar-refractivity contribution in [3.63, 3.8) is 0 Å². The molecule has 0 radical (unpaired) electrons. The largest absolute Gasteiger partial charge is 0.311 e. The van der Waals surface area contributed by atoms with Crippen LogP contribution in [0, 0.1) is 17.8 Å². The summed E-state index contributed by atoms with van der Waals surface area (Å²) in [4.78, 5) is 0. The number of hydrogen-bond acceptors (Lipinski definition) is 1. The summed E-state index contributed by atoms with van der Waals surface area (Å²) in [6.07, 6.45) is 13.0. The van der Waals surface area contributed by atoms with Gasteiger partial charge >= 0.3 is 0 Å². The van der Waals surface area contributed by atoms with Crippen LogP contribution in [0.2, 0.25) is 0 Å². The molecule has 2 fully saturated rings. The minimum absolute atomic E-state index is 0.821. The summed E-state index contributed by atoms with van der Waals surface area (Å²) in [6, 6.07) is 1.65. The van der Waals surface area contributed by atoms with Crippen molar-refractivity contribution < 1.29 is 0 Å².